The van der Waals surface area contributed by atoms with Gasteiger partial charge in [-0.05, 0) is 19.3 Å². The second-order valence-electron chi connectivity index (χ2n) is 2.78. The van der Waals surface area contributed by atoms with E-state index in [4.69, 9.17) is 34.8 Å². The van der Waals surface area contributed by atoms with Crippen LogP contribution >= 0.6 is 34.8 Å². The monoisotopic (exact) mass is 220 g/mol. The lowest BCUT2D eigenvalue weighted by Crippen LogP contribution is -2.48. The Kier molecular flexibility index (Phi) is 2.61. The molecule has 0 radical (unpaired) electrons. The molecule has 0 aromatic heterocycles. The van der Waals surface area contributed by atoms with E-state index in [1.807, 2.05) is 0 Å². The summed E-state index contributed by atoms with van der Waals surface area (Å²) in [6, 6.07) is 0. The van der Waals surface area contributed by atoms with Crippen molar-refractivity contribution in [3.8, 4) is 0 Å². The van der Waals surface area contributed by atoms with Gasteiger partial charge >= 0.3 is 0 Å². The molecule has 1 N–H and O–H groups in total. The number of halogens is 4. The predicted molar refractivity (Wildman–Crippen MR) is 44.0 cm³/mol. The van der Waals surface area contributed by atoms with Crippen molar-refractivity contribution in [3.05, 3.63) is 0 Å². The maximum Gasteiger partial charge on any atom is 0.212 e. The van der Waals surface area contributed by atoms with Gasteiger partial charge in [-0.25, -0.2) is 4.39 Å². The lowest BCUT2D eigenvalue weighted by molar-refractivity contribution is 0.00913. The Morgan fingerprint density at radius 3 is 2.18 bits per heavy atom. The number of aliphatic hydroxyl groups excluding tert-OH is 1. The molecule has 1 fully saturated rings. The largest absolute Gasteiger partial charge is 0.385 e. The van der Waals surface area contributed by atoms with Crippen LogP contribution in [0.1, 0.15) is 19.3 Å². The van der Waals surface area contributed by atoms with Crippen LogP contribution in [0.15, 0.2) is 0 Å². The van der Waals surface area contributed by atoms with Crippen molar-refractivity contribution in [2.24, 2.45) is 0 Å². The van der Waals surface area contributed by atoms with E-state index in [-0.39, 0.29) is 6.42 Å². The molecule has 0 saturated heterocycles. The first kappa shape index (κ1) is 9.85. The highest BCUT2D eigenvalue weighted by Crippen LogP contribution is 2.46. The lowest BCUT2D eigenvalue weighted by atomic mass is 9.94. The fourth-order valence-corrected chi connectivity index (χ4v) is 2.19. The molecule has 0 aromatic rings. The second-order valence-corrected chi connectivity index (χ2v) is 4.95. The maximum atomic E-state index is 13.1. The minimum Gasteiger partial charge on any atom is -0.385 e. The summed E-state index contributed by atoms with van der Waals surface area (Å²) in [7, 11) is 0. The first-order chi connectivity index (χ1) is 4.86. The van der Waals surface area contributed by atoms with Gasteiger partial charge < -0.3 is 5.11 Å². The number of alkyl halides is 4. The van der Waals surface area contributed by atoms with Crippen molar-refractivity contribution in [1.82, 2.24) is 0 Å². The van der Waals surface area contributed by atoms with E-state index in [0.29, 0.717) is 12.8 Å². The minimum absolute atomic E-state index is 0.0942. The van der Waals surface area contributed by atoms with Gasteiger partial charge in [0.1, 0.15) is 10.4 Å². The van der Waals surface area contributed by atoms with Crippen molar-refractivity contribution in [2.75, 3.05) is 0 Å². The molecule has 1 aliphatic rings. The molecule has 1 saturated carbocycles. The zero-order valence-electron chi connectivity index (χ0n) is 5.66. The Hall–Kier alpha value is 0.760. The summed E-state index contributed by atoms with van der Waals surface area (Å²) in [5, 5.41) is 7.03. The van der Waals surface area contributed by atoms with Gasteiger partial charge in [0.25, 0.3) is 0 Å². The first-order valence-corrected chi connectivity index (χ1v) is 4.43. The fraction of sp³-hybridized carbons (Fsp3) is 1.00. The molecular formula is C6H8Cl3FO. The highest BCUT2D eigenvalue weighted by atomic mass is 35.5. The van der Waals surface area contributed by atoms with Gasteiger partial charge in [-0.2, -0.15) is 0 Å². The van der Waals surface area contributed by atoms with Crippen molar-refractivity contribution in [3.63, 3.8) is 0 Å². The van der Waals surface area contributed by atoms with E-state index >= 15 is 0 Å². The molecule has 0 bridgehead atoms. The summed E-state index contributed by atoms with van der Waals surface area (Å²) in [5.41, 5.74) is 0. The van der Waals surface area contributed by atoms with Crippen LogP contribution in [-0.2, 0) is 0 Å². The number of hydrogen-bond acceptors (Lipinski definition) is 1. The van der Waals surface area contributed by atoms with Crippen LogP contribution in [0, 0.1) is 0 Å². The molecule has 2 unspecified atom stereocenters. The van der Waals surface area contributed by atoms with E-state index in [1.54, 1.807) is 0 Å². The molecule has 0 spiro atoms. The summed E-state index contributed by atoms with van der Waals surface area (Å²) >= 11 is 16.5. The molecule has 0 aromatic carbocycles. The van der Waals surface area contributed by atoms with Crippen LogP contribution < -0.4 is 0 Å². The van der Waals surface area contributed by atoms with Crippen molar-refractivity contribution < 1.29 is 9.50 Å². The molecule has 5 heteroatoms. The average molecular weight is 221 g/mol. The summed E-state index contributed by atoms with van der Waals surface area (Å²) in [4.78, 5) is 0. The molecule has 1 aliphatic carbocycles. The minimum atomic E-state index is -2.16. The lowest BCUT2D eigenvalue weighted by Gasteiger charge is -2.37. The third kappa shape index (κ3) is 1.92. The fourth-order valence-electron chi connectivity index (χ4n) is 1.14. The SMILES string of the molecule is OC1C(F)(Cl)CCCC1(Cl)Cl. The van der Waals surface area contributed by atoms with Crippen molar-refractivity contribution in [1.29, 1.82) is 0 Å². The molecule has 0 amide bonds. The Labute approximate surface area is 79.4 Å². The summed E-state index contributed by atoms with van der Waals surface area (Å²) in [5.74, 6) is 0. The van der Waals surface area contributed by atoms with E-state index in [1.165, 1.54) is 0 Å². The van der Waals surface area contributed by atoms with Gasteiger partial charge in [0.05, 0.1) is 0 Å². The Morgan fingerprint density at radius 1 is 1.27 bits per heavy atom. The topological polar surface area (TPSA) is 20.2 Å². The van der Waals surface area contributed by atoms with E-state index < -0.39 is 15.6 Å². The second kappa shape index (κ2) is 2.91. The molecule has 0 aliphatic heterocycles. The third-order valence-electron chi connectivity index (χ3n) is 1.82. The van der Waals surface area contributed by atoms with Crippen LogP contribution in [0.3, 0.4) is 0 Å². The zero-order valence-corrected chi connectivity index (χ0v) is 7.93. The van der Waals surface area contributed by atoms with Crippen molar-refractivity contribution in [2.45, 2.75) is 34.8 Å². The van der Waals surface area contributed by atoms with Crippen LogP contribution in [-0.4, -0.2) is 20.7 Å². The van der Waals surface area contributed by atoms with Crippen LogP contribution in [0.25, 0.3) is 0 Å². The molecule has 0 heterocycles. The molecule has 66 valence electrons. The van der Waals surface area contributed by atoms with Crippen LogP contribution in [0.5, 0.6) is 0 Å². The van der Waals surface area contributed by atoms with Gasteiger partial charge in [0.2, 0.25) is 5.13 Å². The molecular weight excluding hydrogens is 213 g/mol. The average Bonchev–Trinajstić information content (AvgIpc) is 1.82. The molecule has 1 rings (SSSR count). The van der Waals surface area contributed by atoms with Gasteiger partial charge in [0.15, 0.2) is 0 Å². The standard InChI is InChI=1S/C6H8Cl3FO/c7-5(8)2-1-3-6(9,10)4(5)11/h4,11H,1-3H2. The van der Waals surface area contributed by atoms with Gasteiger partial charge in [-0.1, -0.05) is 34.8 Å². The van der Waals surface area contributed by atoms with Gasteiger partial charge in [-0.3, -0.25) is 0 Å². The normalized spacial score (nSPS) is 43.9. The first-order valence-electron chi connectivity index (χ1n) is 3.30. The number of aliphatic hydroxyl groups is 1. The Morgan fingerprint density at radius 2 is 1.82 bits per heavy atom. The quantitative estimate of drug-likeness (QED) is 0.624. The smallest absolute Gasteiger partial charge is 0.212 e. The van der Waals surface area contributed by atoms with Crippen LogP contribution in [0.4, 0.5) is 4.39 Å². The van der Waals surface area contributed by atoms with Crippen LogP contribution in [0.2, 0.25) is 0 Å². The maximum absolute atomic E-state index is 13.1. The van der Waals surface area contributed by atoms with E-state index in [0.717, 1.165) is 0 Å². The predicted octanol–water partition coefficient (Wildman–Crippen LogP) is 2.61. The number of rotatable bonds is 0. The third-order valence-corrected chi connectivity index (χ3v) is 3.01. The summed E-state index contributed by atoms with van der Waals surface area (Å²) in [6.07, 6.45) is -0.551. The molecule has 2 atom stereocenters. The molecule has 1 nitrogen and oxygen atoms in total. The summed E-state index contributed by atoms with van der Waals surface area (Å²) < 4.78 is 11.7. The highest BCUT2D eigenvalue weighted by Gasteiger charge is 2.51. The van der Waals surface area contributed by atoms with E-state index in [2.05, 4.69) is 0 Å². The number of hydrogen-bond donors (Lipinski definition) is 1. The Bertz CT molecular complexity index is 144. The Balaban J connectivity index is 2.76. The molecule has 11 heavy (non-hydrogen) atoms. The van der Waals surface area contributed by atoms with Crippen molar-refractivity contribution >= 4 is 34.8 Å². The zero-order chi connectivity index (χ0) is 8.70. The summed E-state index contributed by atoms with van der Waals surface area (Å²) in [6.45, 7) is 0. The highest BCUT2D eigenvalue weighted by molar-refractivity contribution is 6.49. The van der Waals surface area contributed by atoms with Gasteiger partial charge in [0, 0.05) is 0 Å². The van der Waals surface area contributed by atoms with E-state index in [9.17, 15) is 9.50 Å². The van der Waals surface area contributed by atoms with Gasteiger partial charge in [-0.15, -0.1) is 0 Å².